The number of fused-ring (bicyclic) bond motifs is 2. The molecule has 0 aliphatic rings. The van der Waals surface area contributed by atoms with Crippen molar-refractivity contribution < 1.29 is 9.47 Å². The lowest BCUT2D eigenvalue weighted by Crippen LogP contribution is -2.06. The molecule has 0 spiro atoms. The fourth-order valence-corrected chi connectivity index (χ4v) is 5.89. The summed E-state index contributed by atoms with van der Waals surface area (Å²) in [4.78, 5) is 10.5. The fraction of sp³-hybridized carbons (Fsp3) is 0.200. The van der Waals surface area contributed by atoms with Crippen LogP contribution < -0.4 is 9.47 Å². The minimum Gasteiger partial charge on any atom is -0.493 e. The maximum atomic E-state index is 6.57. The minimum atomic E-state index is 0.603. The first kappa shape index (κ1) is 29.4. The Morgan fingerprint density at radius 3 is 1.35 bits per heavy atom. The average molecular weight is 607 g/mol. The smallest absolute Gasteiger partial charge is 0.149 e. The largest absolute Gasteiger partial charge is 0.493 e. The van der Waals surface area contributed by atoms with E-state index in [-0.39, 0.29) is 0 Å². The third-order valence-electron chi connectivity index (χ3n) is 8.22. The van der Waals surface area contributed by atoms with Gasteiger partial charge in [0, 0.05) is 17.4 Å². The molecule has 0 radical (unpaired) electrons. The summed E-state index contributed by atoms with van der Waals surface area (Å²) in [5.74, 6) is 3.11. The number of unbranched alkanes of at least 4 members (excludes halogenated alkanes) is 2. The maximum absolute atomic E-state index is 6.57. The van der Waals surface area contributed by atoms with Crippen molar-refractivity contribution in [3.63, 3.8) is 0 Å². The van der Waals surface area contributed by atoms with Gasteiger partial charge in [-0.1, -0.05) is 87.4 Å². The summed E-state index contributed by atoms with van der Waals surface area (Å²) in [6.45, 7) is 5.56. The molecule has 6 heteroatoms. The summed E-state index contributed by atoms with van der Waals surface area (Å²) < 4.78 is 17.6. The first-order chi connectivity index (χ1) is 22.8. The van der Waals surface area contributed by atoms with Gasteiger partial charge in [0.1, 0.15) is 23.1 Å². The molecule has 0 amide bonds. The summed E-state index contributed by atoms with van der Waals surface area (Å²) in [6, 6.07) is 41.6. The number of benzene rings is 5. The summed E-state index contributed by atoms with van der Waals surface area (Å²) in [5.41, 5.74) is 7.75. The lowest BCUT2D eigenvalue weighted by molar-refractivity contribution is 0.295. The molecular weight excluding hydrogens is 568 g/mol. The zero-order chi connectivity index (χ0) is 31.3. The van der Waals surface area contributed by atoms with Gasteiger partial charge < -0.3 is 9.47 Å². The van der Waals surface area contributed by atoms with Gasteiger partial charge in [0.05, 0.1) is 46.4 Å². The van der Waals surface area contributed by atoms with Crippen molar-refractivity contribution >= 4 is 22.1 Å². The van der Waals surface area contributed by atoms with E-state index in [1.807, 2.05) is 24.3 Å². The second kappa shape index (κ2) is 13.3. The molecule has 0 aliphatic carbocycles. The van der Waals surface area contributed by atoms with Crippen LogP contribution in [0.3, 0.4) is 0 Å². The molecule has 0 N–H and O–H groups in total. The van der Waals surface area contributed by atoms with Gasteiger partial charge in [-0.2, -0.15) is 0 Å². The highest BCUT2D eigenvalue weighted by Crippen LogP contribution is 2.43. The van der Waals surface area contributed by atoms with Crippen LogP contribution in [0.4, 0.5) is 0 Å². The highest BCUT2D eigenvalue weighted by Gasteiger charge is 2.25. The third kappa shape index (κ3) is 5.63. The van der Waals surface area contributed by atoms with Crippen LogP contribution in [-0.2, 0) is 0 Å². The van der Waals surface area contributed by atoms with E-state index in [4.69, 9.17) is 19.4 Å². The first-order valence-electron chi connectivity index (χ1n) is 16.3. The molecule has 7 aromatic rings. The molecule has 6 nitrogen and oxygen atoms in total. The van der Waals surface area contributed by atoms with Crippen LogP contribution in [0.1, 0.15) is 39.5 Å². The third-order valence-corrected chi connectivity index (χ3v) is 8.22. The van der Waals surface area contributed by atoms with Crippen molar-refractivity contribution in [3.05, 3.63) is 121 Å². The van der Waals surface area contributed by atoms with Gasteiger partial charge in [-0.25, -0.2) is 9.97 Å². The second-order valence-corrected chi connectivity index (χ2v) is 11.4. The van der Waals surface area contributed by atoms with E-state index < -0.39 is 0 Å². The average Bonchev–Trinajstić information content (AvgIpc) is 3.68. The summed E-state index contributed by atoms with van der Waals surface area (Å²) in [6.07, 6.45) is 3.98. The number of aromatic nitrogens is 4. The van der Waals surface area contributed by atoms with E-state index in [9.17, 15) is 0 Å². The standard InChI is InChI=1S/C40H38N4O2/c1-3-5-25-45-37-28-38(46-26-6-4-2)32(40-42-34-22-14-16-24-36(34)44(40)30-19-11-8-12-20-30)27-31(37)39-41-33-21-13-15-23-35(33)43(39)29-17-9-7-10-18-29/h7-24,27-28H,3-6,25-26H2,1-2H3. The highest BCUT2D eigenvalue weighted by molar-refractivity contribution is 5.89. The number of hydrogen-bond acceptors (Lipinski definition) is 4. The van der Waals surface area contributed by atoms with E-state index >= 15 is 0 Å². The predicted octanol–water partition coefficient (Wildman–Crippen LogP) is 10.1. The molecule has 230 valence electrons. The molecular formula is C40H38N4O2. The monoisotopic (exact) mass is 606 g/mol. The van der Waals surface area contributed by atoms with E-state index in [2.05, 4.69) is 120 Å². The molecule has 0 aliphatic heterocycles. The topological polar surface area (TPSA) is 54.1 Å². The van der Waals surface area contributed by atoms with Gasteiger partial charge >= 0.3 is 0 Å². The van der Waals surface area contributed by atoms with Gasteiger partial charge in [0.15, 0.2) is 0 Å². The molecule has 0 fully saturated rings. The van der Waals surface area contributed by atoms with Crippen LogP contribution >= 0.6 is 0 Å². The lowest BCUT2D eigenvalue weighted by Gasteiger charge is -2.19. The maximum Gasteiger partial charge on any atom is 0.149 e. The first-order valence-corrected chi connectivity index (χ1v) is 16.3. The van der Waals surface area contributed by atoms with Crippen LogP contribution in [0.5, 0.6) is 11.5 Å². The fourth-order valence-electron chi connectivity index (χ4n) is 5.89. The molecule has 0 saturated carbocycles. The van der Waals surface area contributed by atoms with Crippen molar-refractivity contribution in [2.75, 3.05) is 13.2 Å². The number of hydrogen-bond donors (Lipinski definition) is 0. The van der Waals surface area contributed by atoms with Crippen molar-refractivity contribution in [1.29, 1.82) is 0 Å². The second-order valence-electron chi connectivity index (χ2n) is 11.4. The Morgan fingerprint density at radius 1 is 0.500 bits per heavy atom. The van der Waals surface area contributed by atoms with E-state index in [0.717, 1.165) is 93.4 Å². The molecule has 5 aromatic carbocycles. The SMILES string of the molecule is CCCCOc1cc(OCCCC)c(-c2nc3ccccc3n2-c2ccccc2)cc1-c1nc2ccccc2n1-c1ccccc1. The molecule has 7 rings (SSSR count). The van der Waals surface area contributed by atoms with Gasteiger partial charge in [-0.3, -0.25) is 9.13 Å². The number of rotatable bonds is 12. The van der Waals surface area contributed by atoms with Crippen LogP contribution in [0, 0.1) is 0 Å². The van der Waals surface area contributed by atoms with E-state index in [0.29, 0.717) is 13.2 Å². The molecule has 2 heterocycles. The van der Waals surface area contributed by atoms with E-state index in [1.54, 1.807) is 0 Å². The normalized spacial score (nSPS) is 11.3. The summed E-state index contributed by atoms with van der Waals surface area (Å²) in [5, 5.41) is 0. The Morgan fingerprint density at radius 2 is 0.913 bits per heavy atom. The molecule has 46 heavy (non-hydrogen) atoms. The lowest BCUT2D eigenvalue weighted by atomic mass is 10.1. The molecule has 0 unspecified atom stereocenters. The van der Waals surface area contributed by atoms with Crippen molar-refractivity contribution in [1.82, 2.24) is 19.1 Å². The van der Waals surface area contributed by atoms with E-state index in [1.165, 1.54) is 0 Å². The zero-order valence-corrected chi connectivity index (χ0v) is 26.4. The van der Waals surface area contributed by atoms with Crippen molar-refractivity contribution in [3.8, 4) is 45.6 Å². The Kier molecular flexibility index (Phi) is 8.51. The number of nitrogens with zero attached hydrogens (tertiary/aromatic N) is 4. The summed E-state index contributed by atoms with van der Waals surface area (Å²) >= 11 is 0. The molecule has 0 saturated heterocycles. The van der Waals surface area contributed by atoms with Gasteiger partial charge in [0.25, 0.3) is 0 Å². The Hall–Kier alpha value is -5.36. The zero-order valence-electron chi connectivity index (χ0n) is 26.4. The highest BCUT2D eigenvalue weighted by atomic mass is 16.5. The Balaban J connectivity index is 1.53. The van der Waals surface area contributed by atoms with Crippen LogP contribution in [0.2, 0.25) is 0 Å². The Labute approximate surface area is 269 Å². The number of imidazole rings is 2. The molecule has 0 bridgehead atoms. The van der Waals surface area contributed by atoms with Crippen LogP contribution in [-0.4, -0.2) is 32.3 Å². The Bertz CT molecular complexity index is 1930. The molecule has 2 aromatic heterocycles. The van der Waals surface area contributed by atoms with Gasteiger partial charge in [-0.05, 0) is 67.4 Å². The number of ether oxygens (including phenoxy) is 2. The van der Waals surface area contributed by atoms with Gasteiger partial charge in [0.2, 0.25) is 0 Å². The van der Waals surface area contributed by atoms with Crippen molar-refractivity contribution in [2.45, 2.75) is 39.5 Å². The van der Waals surface area contributed by atoms with Crippen LogP contribution in [0.25, 0.3) is 56.2 Å². The quantitative estimate of drug-likeness (QED) is 0.130. The molecule has 0 atom stereocenters. The summed E-state index contributed by atoms with van der Waals surface area (Å²) in [7, 11) is 0. The minimum absolute atomic E-state index is 0.603. The number of para-hydroxylation sites is 6. The van der Waals surface area contributed by atoms with Gasteiger partial charge in [-0.15, -0.1) is 0 Å². The van der Waals surface area contributed by atoms with Crippen LogP contribution in [0.15, 0.2) is 121 Å². The predicted molar refractivity (Wildman–Crippen MR) is 187 cm³/mol. The van der Waals surface area contributed by atoms with Crippen molar-refractivity contribution in [2.24, 2.45) is 0 Å².